The van der Waals surface area contributed by atoms with E-state index in [9.17, 15) is 22.4 Å². The van der Waals surface area contributed by atoms with Crippen molar-refractivity contribution in [1.82, 2.24) is 0 Å². The maximum atomic E-state index is 13.4. The summed E-state index contributed by atoms with van der Waals surface area (Å²) >= 11 is 0. The molecule has 140 valence electrons. The fourth-order valence-corrected chi connectivity index (χ4v) is 2.06. The lowest BCUT2D eigenvalue weighted by Gasteiger charge is -2.13. The summed E-state index contributed by atoms with van der Waals surface area (Å²) in [4.78, 5) is 11.8. The van der Waals surface area contributed by atoms with Crippen molar-refractivity contribution in [2.24, 2.45) is 5.73 Å². The van der Waals surface area contributed by atoms with E-state index in [0.29, 0.717) is 6.61 Å². The third-order valence-corrected chi connectivity index (χ3v) is 3.53. The SMILES string of the molecule is N[C@@H](CCOCc1ccccc1)C(=O)COc1c(F)c(F)cc(F)c1F. The fraction of sp³-hybridized carbons (Fsp3) is 0.278. The Morgan fingerprint density at radius 3 is 2.27 bits per heavy atom. The van der Waals surface area contributed by atoms with Crippen LogP contribution in [0.25, 0.3) is 0 Å². The van der Waals surface area contributed by atoms with Crippen LogP contribution in [0.2, 0.25) is 0 Å². The molecule has 0 spiro atoms. The fourth-order valence-electron chi connectivity index (χ4n) is 2.06. The standard InChI is InChI=1S/C18H17F4NO3/c19-12-8-13(20)17(22)18(16(12)21)26-10-15(24)14(23)6-7-25-9-11-4-2-1-3-5-11/h1-5,8,14H,6-7,9-10,23H2/t14-/m0/s1. The molecule has 0 radical (unpaired) electrons. The van der Waals surface area contributed by atoms with Crippen LogP contribution in [0.3, 0.4) is 0 Å². The monoisotopic (exact) mass is 371 g/mol. The molecule has 0 aromatic heterocycles. The molecule has 2 rings (SSSR count). The van der Waals surface area contributed by atoms with Gasteiger partial charge in [0.05, 0.1) is 12.6 Å². The Morgan fingerprint density at radius 2 is 1.65 bits per heavy atom. The number of hydrogen-bond acceptors (Lipinski definition) is 4. The highest BCUT2D eigenvalue weighted by Crippen LogP contribution is 2.26. The maximum Gasteiger partial charge on any atom is 0.203 e. The number of ketones is 1. The maximum absolute atomic E-state index is 13.4. The summed E-state index contributed by atoms with van der Waals surface area (Å²) in [6.45, 7) is -0.299. The Labute approximate surface area is 147 Å². The quantitative estimate of drug-likeness (QED) is 0.418. The highest BCUT2D eigenvalue weighted by atomic mass is 19.2. The number of carbonyl (C=O) groups excluding carboxylic acids is 1. The van der Waals surface area contributed by atoms with Gasteiger partial charge in [0.2, 0.25) is 11.6 Å². The van der Waals surface area contributed by atoms with Crippen molar-refractivity contribution in [3.8, 4) is 5.75 Å². The van der Waals surface area contributed by atoms with Crippen LogP contribution in [0.15, 0.2) is 36.4 Å². The Balaban J connectivity index is 1.79. The van der Waals surface area contributed by atoms with Crippen molar-refractivity contribution in [2.45, 2.75) is 19.1 Å². The Bertz CT molecular complexity index is 730. The molecule has 2 aromatic rings. The van der Waals surface area contributed by atoms with E-state index in [4.69, 9.17) is 10.5 Å². The molecular weight excluding hydrogens is 354 g/mol. The zero-order chi connectivity index (χ0) is 19.1. The lowest BCUT2D eigenvalue weighted by Crippen LogP contribution is -2.35. The van der Waals surface area contributed by atoms with Crippen LogP contribution in [0.5, 0.6) is 5.75 Å². The summed E-state index contributed by atoms with van der Waals surface area (Å²) in [5, 5.41) is 0. The molecule has 26 heavy (non-hydrogen) atoms. The number of carbonyl (C=O) groups is 1. The van der Waals surface area contributed by atoms with Crippen LogP contribution in [0.4, 0.5) is 17.6 Å². The number of halogens is 4. The first-order valence-corrected chi connectivity index (χ1v) is 7.76. The first-order chi connectivity index (χ1) is 12.4. The largest absolute Gasteiger partial charge is 0.479 e. The van der Waals surface area contributed by atoms with E-state index < -0.39 is 47.5 Å². The second-order valence-electron chi connectivity index (χ2n) is 5.49. The smallest absolute Gasteiger partial charge is 0.203 e. The molecule has 0 aliphatic carbocycles. The number of ether oxygens (including phenoxy) is 2. The van der Waals surface area contributed by atoms with Crippen molar-refractivity contribution in [1.29, 1.82) is 0 Å². The normalized spacial score (nSPS) is 12.0. The second kappa shape index (κ2) is 9.30. The Morgan fingerprint density at radius 1 is 1.04 bits per heavy atom. The predicted molar refractivity (Wildman–Crippen MR) is 85.5 cm³/mol. The minimum atomic E-state index is -1.71. The number of rotatable bonds is 9. The van der Waals surface area contributed by atoms with Crippen molar-refractivity contribution in [2.75, 3.05) is 13.2 Å². The van der Waals surface area contributed by atoms with Gasteiger partial charge in [-0.15, -0.1) is 0 Å². The van der Waals surface area contributed by atoms with Gasteiger partial charge >= 0.3 is 0 Å². The van der Waals surface area contributed by atoms with Gasteiger partial charge in [-0.3, -0.25) is 4.79 Å². The molecule has 0 bridgehead atoms. The molecule has 0 unspecified atom stereocenters. The van der Waals surface area contributed by atoms with E-state index in [1.807, 2.05) is 30.3 Å². The second-order valence-corrected chi connectivity index (χ2v) is 5.49. The van der Waals surface area contributed by atoms with Crippen LogP contribution >= 0.6 is 0 Å². The van der Waals surface area contributed by atoms with Gasteiger partial charge in [0.1, 0.15) is 6.61 Å². The van der Waals surface area contributed by atoms with Crippen molar-refractivity contribution in [3.05, 3.63) is 65.2 Å². The minimum Gasteiger partial charge on any atom is -0.479 e. The molecular formula is C18H17F4NO3. The lowest BCUT2D eigenvalue weighted by atomic mass is 10.1. The summed E-state index contributed by atoms with van der Waals surface area (Å²) in [6, 6.07) is 8.39. The van der Waals surface area contributed by atoms with Gasteiger partial charge in [-0.25, -0.2) is 8.78 Å². The van der Waals surface area contributed by atoms with E-state index in [1.54, 1.807) is 0 Å². The molecule has 2 aromatic carbocycles. The number of benzene rings is 2. The van der Waals surface area contributed by atoms with E-state index in [0.717, 1.165) is 5.56 Å². The average Bonchev–Trinajstić information content (AvgIpc) is 2.64. The van der Waals surface area contributed by atoms with E-state index >= 15 is 0 Å². The molecule has 2 N–H and O–H groups in total. The average molecular weight is 371 g/mol. The molecule has 0 saturated heterocycles. The predicted octanol–water partition coefficient (Wildman–Crippen LogP) is 3.13. The van der Waals surface area contributed by atoms with E-state index in [1.165, 1.54) is 0 Å². The van der Waals surface area contributed by atoms with Crippen LogP contribution < -0.4 is 10.5 Å². The lowest BCUT2D eigenvalue weighted by molar-refractivity contribution is -0.122. The zero-order valence-corrected chi connectivity index (χ0v) is 13.7. The van der Waals surface area contributed by atoms with Crippen molar-refractivity contribution >= 4 is 5.78 Å². The van der Waals surface area contributed by atoms with Gasteiger partial charge in [-0.2, -0.15) is 8.78 Å². The third kappa shape index (κ3) is 5.27. The number of Topliss-reactive ketones (excluding diaryl/α,β-unsaturated/α-hetero) is 1. The van der Waals surface area contributed by atoms with Crippen molar-refractivity contribution in [3.63, 3.8) is 0 Å². The minimum absolute atomic E-state index is 0.0508. The first kappa shape index (κ1) is 19.9. The van der Waals surface area contributed by atoms with Gasteiger partial charge in [-0.05, 0) is 12.0 Å². The molecule has 0 aliphatic rings. The molecule has 1 atom stereocenters. The molecule has 0 aliphatic heterocycles. The van der Waals surface area contributed by atoms with Crippen LogP contribution in [-0.4, -0.2) is 25.0 Å². The van der Waals surface area contributed by atoms with Gasteiger partial charge in [0.25, 0.3) is 0 Å². The highest BCUT2D eigenvalue weighted by Gasteiger charge is 2.22. The van der Waals surface area contributed by atoms with Crippen LogP contribution in [0, 0.1) is 23.3 Å². The molecule has 4 nitrogen and oxygen atoms in total. The third-order valence-electron chi connectivity index (χ3n) is 3.53. The van der Waals surface area contributed by atoms with Gasteiger partial charge in [-0.1, -0.05) is 30.3 Å². The topological polar surface area (TPSA) is 61.5 Å². The molecule has 8 heteroatoms. The molecule has 0 heterocycles. The van der Waals surface area contributed by atoms with Gasteiger partial charge in [0.15, 0.2) is 23.2 Å². The van der Waals surface area contributed by atoms with E-state index in [2.05, 4.69) is 4.74 Å². The number of nitrogens with two attached hydrogens (primary N) is 1. The Kier molecular flexibility index (Phi) is 7.11. The molecule has 0 fully saturated rings. The summed E-state index contributed by atoms with van der Waals surface area (Å²) in [6.07, 6.45) is 0.150. The number of hydrogen-bond donors (Lipinski definition) is 1. The van der Waals surface area contributed by atoms with Gasteiger partial charge in [0, 0.05) is 12.7 Å². The van der Waals surface area contributed by atoms with Crippen LogP contribution in [0.1, 0.15) is 12.0 Å². The molecule has 0 amide bonds. The van der Waals surface area contributed by atoms with Crippen LogP contribution in [-0.2, 0) is 16.1 Å². The van der Waals surface area contributed by atoms with Crippen molar-refractivity contribution < 1.29 is 31.8 Å². The van der Waals surface area contributed by atoms with E-state index in [-0.39, 0.29) is 19.1 Å². The zero-order valence-electron chi connectivity index (χ0n) is 13.7. The van der Waals surface area contributed by atoms with Gasteiger partial charge < -0.3 is 15.2 Å². The summed E-state index contributed by atoms with van der Waals surface area (Å²) in [7, 11) is 0. The summed E-state index contributed by atoms with van der Waals surface area (Å²) in [5.41, 5.74) is 6.61. The molecule has 0 saturated carbocycles. The summed E-state index contributed by atoms with van der Waals surface area (Å²) < 4.78 is 63.0. The first-order valence-electron chi connectivity index (χ1n) is 7.76. The Hall–Kier alpha value is -2.45. The highest BCUT2D eigenvalue weighted by molar-refractivity contribution is 5.85. The summed E-state index contributed by atoms with van der Waals surface area (Å²) in [5.74, 6) is -8.64.